The van der Waals surface area contributed by atoms with Crippen molar-refractivity contribution in [2.24, 2.45) is 0 Å². The first-order valence-electron chi connectivity index (χ1n) is 5.46. The second kappa shape index (κ2) is 6.12. The number of hydrogen-bond donors (Lipinski definition) is 0. The van der Waals surface area contributed by atoms with Crippen LogP contribution >= 0.6 is 0 Å². The molecule has 1 aromatic heterocycles. The maximum atomic E-state index is 4.26. The molecule has 2 nitrogen and oxygen atoms in total. The standard InChI is InChI=1S/C9H8N2.C4H10/c1-7-10-6-8-4-2-3-5-9(8)11-7;1-3-4-2/h2-6H,1H3;3-4H2,1-2H3. The van der Waals surface area contributed by atoms with Gasteiger partial charge in [0, 0.05) is 11.6 Å². The highest BCUT2D eigenvalue weighted by molar-refractivity contribution is 5.77. The van der Waals surface area contributed by atoms with E-state index in [9.17, 15) is 0 Å². The number of nitrogens with zero attached hydrogens (tertiary/aromatic N) is 2. The van der Waals surface area contributed by atoms with Gasteiger partial charge in [0.1, 0.15) is 5.82 Å². The first-order valence-corrected chi connectivity index (χ1v) is 5.46. The zero-order valence-electron chi connectivity index (χ0n) is 9.70. The predicted octanol–water partition coefficient (Wildman–Crippen LogP) is 3.74. The van der Waals surface area contributed by atoms with Gasteiger partial charge >= 0.3 is 0 Å². The fraction of sp³-hybridized carbons (Fsp3) is 0.385. The highest BCUT2D eigenvalue weighted by Crippen LogP contribution is 2.08. The third kappa shape index (κ3) is 3.66. The molecule has 0 saturated carbocycles. The summed E-state index contributed by atoms with van der Waals surface area (Å²) in [5, 5.41) is 1.10. The predicted molar refractivity (Wildman–Crippen MR) is 64.9 cm³/mol. The molecule has 0 fully saturated rings. The number of para-hydroxylation sites is 1. The quantitative estimate of drug-likeness (QED) is 0.704. The number of aryl methyl sites for hydroxylation is 1. The van der Waals surface area contributed by atoms with Gasteiger partial charge in [-0.25, -0.2) is 9.97 Å². The molecule has 0 bridgehead atoms. The van der Waals surface area contributed by atoms with Crippen LogP contribution in [0.4, 0.5) is 0 Å². The Kier molecular flexibility index (Phi) is 4.75. The van der Waals surface area contributed by atoms with Crippen LogP contribution < -0.4 is 0 Å². The van der Waals surface area contributed by atoms with Gasteiger partial charge in [-0.15, -0.1) is 0 Å². The lowest BCUT2D eigenvalue weighted by atomic mass is 10.2. The monoisotopic (exact) mass is 202 g/mol. The van der Waals surface area contributed by atoms with Gasteiger partial charge in [0.15, 0.2) is 0 Å². The van der Waals surface area contributed by atoms with Crippen LogP contribution in [0.15, 0.2) is 30.5 Å². The highest BCUT2D eigenvalue weighted by Gasteiger charge is 1.92. The SMILES string of the molecule is CCCC.Cc1ncc2ccccc2n1. The molecule has 0 N–H and O–H groups in total. The van der Waals surface area contributed by atoms with Gasteiger partial charge in [-0.1, -0.05) is 44.9 Å². The normalized spacial score (nSPS) is 9.53. The minimum absolute atomic E-state index is 0.823. The average Bonchev–Trinajstić information content (AvgIpc) is 2.29. The van der Waals surface area contributed by atoms with E-state index < -0.39 is 0 Å². The van der Waals surface area contributed by atoms with Gasteiger partial charge in [0.25, 0.3) is 0 Å². The molecule has 0 aliphatic heterocycles. The number of benzene rings is 1. The van der Waals surface area contributed by atoms with Crippen LogP contribution in [0, 0.1) is 6.92 Å². The minimum Gasteiger partial charge on any atom is -0.241 e. The molecule has 0 saturated heterocycles. The molecule has 0 unspecified atom stereocenters. The molecule has 1 heterocycles. The fourth-order valence-electron chi connectivity index (χ4n) is 1.06. The summed E-state index contributed by atoms with van der Waals surface area (Å²) in [4.78, 5) is 8.36. The topological polar surface area (TPSA) is 25.8 Å². The van der Waals surface area contributed by atoms with Crippen molar-refractivity contribution in [1.82, 2.24) is 9.97 Å². The maximum absolute atomic E-state index is 4.26. The van der Waals surface area contributed by atoms with Gasteiger partial charge in [0.05, 0.1) is 5.52 Å². The van der Waals surface area contributed by atoms with Gasteiger partial charge in [-0.05, 0) is 13.0 Å². The van der Waals surface area contributed by atoms with Crippen molar-refractivity contribution in [2.45, 2.75) is 33.6 Å². The van der Waals surface area contributed by atoms with Gasteiger partial charge < -0.3 is 0 Å². The van der Waals surface area contributed by atoms with Gasteiger partial charge in [-0.2, -0.15) is 0 Å². The number of rotatable bonds is 1. The van der Waals surface area contributed by atoms with Crippen LogP contribution in [0.3, 0.4) is 0 Å². The van der Waals surface area contributed by atoms with E-state index in [0.717, 1.165) is 16.7 Å². The lowest BCUT2D eigenvalue weighted by Crippen LogP contribution is -1.86. The summed E-state index contributed by atoms with van der Waals surface area (Å²) in [5.41, 5.74) is 1.01. The van der Waals surface area contributed by atoms with Crippen molar-refractivity contribution in [3.05, 3.63) is 36.3 Å². The van der Waals surface area contributed by atoms with Crippen molar-refractivity contribution in [1.29, 1.82) is 0 Å². The Bertz CT molecular complexity index is 408. The fourth-order valence-corrected chi connectivity index (χ4v) is 1.06. The molecule has 0 radical (unpaired) electrons. The summed E-state index contributed by atoms with van der Waals surface area (Å²) in [6, 6.07) is 7.97. The molecule has 2 heteroatoms. The van der Waals surface area contributed by atoms with Crippen LogP contribution in [0.5, 0.6) is 0 Å². The summed E-state index contributed by atoms with van der Waals surface area (Å²) in [7, 11) is 0. The van der Waals surface area contributed by atoms with E-state index in [1.807, 2.05) is 37.4 Å². The first kappa shape index (κ1) is 11.6. The zero-order chi connectivity index (χ0) is 11.1. The summed E-state index contributed by atoms with van der Waals surface area (Å²) in [6.45, 7) is 6.26. The Morgan fingerprint density at radius 1 is 1.07 bits per heavy atom. The number of unbranched alkanes of at least 4 members (excludes halogenated alkanes) is 1. The number of hydrogen-bond acceptors (Lipinski definition) is 2. The molecule has 0 amide bonds. The molecule has 15 heavy (non-hydrogen) atoms. The molecule has 1 aromatic carbocycles. The van der Waals surface area contributed by atoms with E-state index in [4.69, 9.17) is 0 Å². The Hall–Kier alpha value is -1.44. The Morgan fingerprint density at radius 3 is 2.40 bits per heavy atom. The zero-order valence-corrected chi connectivity index (χ0v) is 9.70. The van der Waals surface area contributed by atoms with Crippen LogP contribution in [-0.4, -0.2) is 9.97 Å². The van der Waals surface area contributed by atoms with Crippen molar-refractivity contribution in [2.75, 3.05) is 0 Å². The molecule has 0 spiro atoms. The average molecular weight is 202 g/mol. The molecule has 80 valence electrons. The van der Waals surface area contributed by atoms with E-state index in [1.54, 1.807) is 0 Å². The Morgan fingerprint density at radius 2 is 1.73 bits per heavy atom. The third-order valence-electron chi connectivity index (χ3n) is 2.11. The van der Waals surface area contributed by atoms with Crippen molar-refractivity contribution >= 4 is 10.9 Å². The summed E-state index contributed by atoms with van der Waals surface area (Å²) >= 11 is 0. The minimum atomic E-state index is 0.823. The van der Waals surface area contributed by atoms with Crippen LogP contribution in [0.1, 0.15) is 32.5 Å². The second-order valence-electron chi connectivity index (χ2n) is 3.48. The summed E-state index contributed by atoms with van der Waals surface area (Å²) in [6.07, 6.45) is 4.48. The number of fused-ring (bicyclic) bond motifs is 1. The Labute approximate surface area is 91.4 Å². The molecule has 0 aliphatic rings. The van der Waals surface area contributed by atoms with E-state index in [1.165, 1.54) is 12.8 Å². The van der Waals surface area contributed by atoms with Crippen LogP contribution in [-0.2, 0) is 0 Å². The van der Waals surface area contributed by atoms with Crippen LogP contribution in [0.2, 0.25) is 0 Å². The number of aromatic nitrogens is 2. The summed E-state index contributed by atoms with van der Waals surface area (Å²) < 4.78 is 0. The lowest BCUT2D eigenvalue weighted by molar-refractivity contribution is 0.886. The summed E-state index contributed by atoms with van der Waals surface area (Å²) in [5.74, 6) is 0.823. The first-order chi connectivity index (χ1) is 7.27. The third-order valence-corrected chi connectivity index (χ3v) is 2.11. The van der Waals surface area contributed by atoms with E-state index in [-0.39, 0.29) is 0 Å². The smallest absolute Gasteiger partial charge is 0.125 e. The Balaban J connectivity index is 0.000000245. The largest absolute Gasteiger partial charge is 0.241 e. The second-order valence-corrected chi connectivity index (χ2v) is 3.48. The van der Waals surface area contributed by atoms with E-state index >= 15 is 0 Å². The molecular formula is C13H18N2. The van der Waals surface area contributed by atoms with Crippen molar-refractivity contribution in [3.8, 4) is 0 Å². The van der Waals surface area contributed by atoms with Crippen LogP contribution in [0.25, 0.3) is 10.9 Å². The molecule has 0 atom stereocenters. The van der Waals surface area contributed by atoms with E-state index in [0.29, 0.717) is 0 Å². The van der Waals surface area contributed by atoms with E-state index in [2.05, 4.69) is 23.8 Å². The van der Waals surface area contributed by atoms with Crippen molar-refractivity contribution < 1.29 is 0 Å². The molecule has 2 aromatic rings. The molecule has 2 rings (SSSR count). The molecular weight excluding hydrogens is 184 g/mol. The highest BCUT2D eigenvalue weighted by atomic mass is 14.9. The van der Waals surface area contributed by atoms with Gasteiger partial charge in [-0.3, -0.25) is 0 Å². The van der Waals surface area contributed by atoms with Crippen molar-refractivity contribution in [3.63, 3.8) is 0 Å². The molecule has 0 aliphatic carbocycles. The van der Waals surface area contributed by atoms with Gasteiger partial charge in [0.2, 0.25) is 0 Å². The maximum Gasteiger partial charge on any atom is 0.125 e. The lowest BCUT2D eigenvalue weighted by Gasteiger charge is -1.95.